The van der Waals surface area contributed by atoms with E-state index >= 15 is 0 Å². The lowest BCUT2D eigenvalue weighted by molar-refractivity contribution is 0.150. The first-order valence-corrected chi connectivity index (χ1v) is 6.67. The van der Waals surface area contributed by atoms with Crippen LogP contribution >= 0.6 is 0 Å². The molecule has 0 aromatic carbocycles. The van der Waals surface area contributed by atoms with Gasteiger partial charge in [0, 0.05) is 6.54 Å². The SMILES string of the molecule is CCOC(=O)[N]CCCC1CCCCCC1. The van der Waals surface area contributed by atoms with Gasteiger partial charge >= 0.3 is 6.09 Å². The van der Waals surface area contributed by atoms with E-state index in [1.807, 2.05) is 0 Å². The van der Waals surface area contributed by atoms with Gasteiger partial charge in [0.05, 0.1) is 6.61 Å². The second-order valence-corrected chi connectivity index (χ2v) is 4.58. The zero-order chi connectivity index (χ0) is 11.6. The molecule has 3 nitrogen and oxygen atoms in total. The molecular formula is C13H24NO2. The van der Waals surface area contributed by atoms with Crippen LogP contribution < -0.4 is 5.32 Å². The molecule has 1 radical (unpaired) electrons. The Labute approximate surface area is 98.9 Å². The van der Waals surface area contributed by atoms with Gasteiger partial charge in [0.2, 0.25) is 0 Å². The number of carbonyl (C=O) groups excluding carboxylic acids is 1. The van der Waals surface area contributed by atoms with Crippen LogP contribution in [0.25, 0.3) is 0 Å². The molecule has 0 heterocycles. The van der Waals surface area contributed by atoms with Crippen molar-refractivity contribution in [3.8, 4) is 0 Å². The fourth-order valence-corrected chi connectivity index (χ4v) is 2.37. The molecule has 3 heteroatoms. The van der Waals surface area contributed by atoms with Crippen LogP contribution in [-0.4, -0.2) is 19.2 Å². The average molecular weight is 226 g/mol. The van der Waals surface area contributed by atoms with Gasteiger partial charge < -0.3 is 4.74 Å². The highest BCUT2D eigenvalue weighted by Crippen LogP contribution is 2.26. The third kappa shape index (κ3) is 5.99. The maximum absolute atomic E-state index is 11.0. The van der Waals surface area contributed by atoms with Crippen molar-refractivity contribution in [2.75, 3.05) is 13.2 Å². The maximum atomic E-state index is 11.0. The predicted molar refractivity (Wildman–Crippen MR) is 64.4 cm³/mol. The third-order valence-corrected chi connectivity index (χ3v) is 3.25. The molecule has 0 bridgehead atoms. The monoisotopic (exact) mass is 226 g/mol. The summed E-state index contributed by atoms with van der Waals surface area (Å²) in [5.41, 5.74) is 0. The van der Waals surface area contributed by atoms with Crippen molar-refractivity contribution in [1.29, 1.82) is 0 Å². The highest BCUT2D eigenvalue weighted by atomic mass is 16.5. The molecule has 1 aliphatic rings. The van der Waals surface area contributed by atoms with Gasteiger partial charge in [-0.15, -0.1) is 0 Å². The Hall–Kier alpha value is -0.730. The molecule has 1 aliphatic carbocycles. The molecule has 93 valence electrons. The van der Waals surface area contributed by atoms with Gasteiger partial charge in [-0.25, -0.2) is 10.1 Å². The van der Waals surface area contributed by atoms with E-state index in [1.165, 1.54) is 44.9 Å². The second kappa shape index (κ2) is 8.43. The zero-order valence-electron chi connectivity index (χ0n) is 10.4. The molecule has 0 spiro atoms. The van der Waals surface area contributed by atoms with Crippen molar-refractivity contribution >= 4 is 6.09 Å². The van der Waals surface area contributed by atoms with Crippen LogP contribution in [0.1, 0.15) is 58.3 Å². The standard InChI is InChI=1S/C13H24NO2/c1-2-16-13(15)14-11-7-10-12-8-5-3-4-6-9-12/h12H,2-11H2,1H3. The number of rotatable bonds is 5. The molecule has 0 N–H and O–H groups in total. The summed E-state index contributed by atoms with van der Waals surface area (Å²) in [6.45, 7) is 2.86. The van der Waals surface area contributed by atoms with Crippen LogP contribution in [0.3, 0.4) is 0 Å². The average Bonchev–Trinajstić information content (AvgIpc) is 2.53. The van der Waals surface area contributed by atoms with Crippen molar-refractivity contribution in [3.05, 3.63) is 0 Å². The van der Waals surface area contributed by atoms with Crippen LogP contribution in [0, 0.1) is 5.92 Å². The van der Waals surface area contributed by atoms with E-state index in [9.17, 15) is 4.79 Å². The maximum Gasteiger partial charge on any atom is 0.428 e. The van der Waals surface area contributed by atoms with Gasteiger partial charge in [0.1, 0.15) is 0 Å². The minimum absolute atomic E-state index is 0.400. The highest BCUT2D eigenvalue weighted by molar-refractivity contribution is 5.66. The number of ether oxygens (including phenoxy) is 1. The Kier molecular flexibility index (Phi) is 7.02. The second-order valence-electron chi connectivity index (χ2n) is 4.58. The summed E-state index contributed by atoms with van der Waals surface area (Å²) in [6.07, 6.45) is 10.2. The quantitative estimate of drug-likeness (QED) is 0.531. The lowest BCUT2D eigenvalue weighted by atomic mass is 9.95. The van der Waals surface area contributed by atoms with Crippen LogP contribution in [0.4, 0.5) is 4.79 Å². The first-order valence-electron chi connectivity index (χ1n) is 6.67. The molecule has 0 atom stereocenters. The Morgan fingerprint density at radius 2 is 1.94 bits per heavy atom. The lowest BCUT2D eigenvalue weighted by Crippen LogP contribution is -2.18. The Morgan fingerprint density at radius 3 is 2.56 bits per heavy atom. The summed E-state index contributed by atoms with van der Waals surface area (Å²) in [4.78, 5) is 11.0. The summed E-state index contributed by atoms with van der Waals surface area (Å²) < 4.78 is 4.75. The number of amides is 1. The molecule has 0 aromatic rings. The van der Waals surface area contributed by atoms with Crippen LogP contribution in [0.2, 0.25) is 0 Å². The third-order valence-electron chi connectivity index (χ3n) is 3.25. The minimum Gasteiger partial charge on any atom is -0.448 e. The van der Waals surface area contributed by atoms with E-state index in [1.54, 1.807) is 6.92 Å². The molecule has 1 rings (SSSR count). The van der Waals surface area contributed by atoms with Crippen LogP contribution in [-0.2, 0) is 4.74 Å². The zero-order valence-corrected chi connectivity index (χ0v) is 10.4. The molecular weight excluding hydrogens is 202 g/mol. The molecule has 16 heavy (non-hydrogen) atoms. The molecule has 1 fully saturated rings. The van der Waals surface area contributed by atoms with Gasteiger partial charge in [-0.2, -0.15) is 0 Å². The van der Waals surface area contributed by atoms with E-state index in [0.717, 1.165) is 12.3 Å². The van der Waals surface area contributed by atoms with E-state index in [2.05, 4.69) is 5.32 Å². The molecule has 1 amide bonds. The molecule has 0 aromatic heterocycles. The van der Waals surface area contributed by atoms with Crippen molar-refractivity contribution in [2.45, 2.75) is 58.3 Å². The molecule has 1 saturated carbocycles. The van der Waals surface area contributed by atoms with Crippen LogP contribution in [0.15, 0.2) is 0 Å². The highest BCUT2D eigenvalue weighted by Gasteiger charge is 2.12. The van der Waals surface area contributed by atoms with Gasteiger partial charge in [0.15, 0.2) is 0 Å². The van der Waals surface area contributed by atoms with E-state index in [4.69, 9.17) is 4.74 Å². The predicted octanol–water partition coefficient (Wildman–Crippen LogP) is 3.50. The van der Waals surface area contributed by atoms with Crippen molar-refractivity contribution in [1.82, 2.24) is 5.32 Å². The number of hydrogen-bond donors (Lipinski definition) is 0. The van der Waals surface area contributed by atoms with E-state index < -0.39 is 6.09 Å². The van der Waals surface area contributed by atoms with Crippen molar-refractivity contribution < 1.29 is 9.53 Å². The lowest BCUT2D eigenvalue weighted by Gasteiger charge is -2.12. The Morgan fingerprint density at radius 1 is 1.25 bits per heavy atom. The summed E-state index contributed by atoms with van der Waals surface area (Å²) in [6, 6.07) is 0. The van der Waals surface area contributed by atoms with Crippen LogP contribution in [0.5, 0.6) is 0 Å². The van der Waals surface area contributed by atoms with Crippen molar-refractivity contribution in [2.24, 2.45) is 5.92 Å². The van der Waals surface area contributed by atoms with Crippen molar-refractivity contribution in [3.63, 3.8) is 0 Å². The Balaban J connectivity index is 1.99. The van der Waals surface area contributed by atoms with Gasteiger partial charge in [0.25, 0.3) is 0 Å². The largest absolute Gasteiger partial charge is 0.448 e. The number of nitrogens with zero attached hydrogens (tertiary/aromatic N) is 1. The number of hydrogen-bond acceptors (Lipinski definition) is 2. The molecule has 0 unspecified atom stereocenters. The fourth-order valence-electron chi connectivity index (χ4n) is 2.37. The number of carbonyl (C=O) groups is 1. The van der Waals surface area contributed by atoms with Gasteiger partial charge in [-0.1, -0.05) is 38.5 Å². The van der Waals surface area contributed by atoms with Gasteiger partial charge in [-0.05, 0) is 25.7 Å². The Bertz CT molecular complexity index is 186. The smallest absolute Gasteiger partial charge is 0.428 e. The summed E-state index contributed by atoms with van der Waals surface area (Å²) >= 11 is 0. The van der Waals surface area contributed by atoms with Gasteiger partial charge in [-0.3, -0.25) is 0 Å². The fraction of sp³-hybridized carbons (Fsp3) is 0.923. The normalized spacial score (nSPS) is 17.8. The summed E-state index contributed by atoms with van der Waals surface area (Å²) in [7, 11) is 0. The van der Waals surface area contributed by atoms with E-state index in [0.29, 0.717) is 13.2 Å². The minimum atomic E-state index is -0.400. The summed E-state index contributed by atoms with van der Waals surface area (Å²) in [5.74, 6) is 0.875. The first-order chi connectivity index (χ1) is 7.83. The molecule has 0 aliphatic heterocycles. The first kappa shape index (κ1) is 13.3. The topological polar surface area (TPSA) is 40.4 Å². The molecule has 0 saturated heterocycles. The van der Waals surface area contributed by atoms with E-state index in [-0.39, 0.29) is 0 Å². The summed E-state index contributed by atoms with van der Waals surface area (Å²) in [5, 5.41) is 3.86.